The van der Waals surface area contributed by atoms with Crippen LogP contribution in [0.4, 0.5) is 4.39 Å². The normalized spacial score (nSPS) is 11.5. The first-order valence-electron chi connectivity index (χ1n) is 7.60. The van der Waals surface area contributed by atoms with Crippen LogP contribution in [0, 0.1) is 5.82 Å². The average Bonchev–Trinajstić information content (AvgIpc) is 2.62. The summed E-state index contributed by atoms with van der Waals surface area (Å²) in [5.74, 6) is -0.751. The Bertz CT molecular complexity index is 737. The minimum Gasteiger partial charge on any atom is -0.478 e. The third-order valence-corrected chi connectivity index (χ3v) is 3.96. The molecule has 5 nitrogen and oxygen atoms in total. The van der Waals surface area contributed by atoms with Gasteiger partial charge in [0.1, 0.15) is 0 Å². The van der Waals surface area contributed by atoms with Crippen molar-refractivity contribution in [2.45, 2.75) is 18.8 Å². The van der Waals surface area contributed by atoms with Crippen molar-refractivity contribution in [1.29, 1.82) is 0 Å². The molecule has 25 heavy (non-hydrogen) atoms. The Morgan fingerprint density at radius 3 is 2.44 bits per heavy atom. The lowest BCUT2D eigenvalue weighted by Crippen LogP contribution is -2.47. The number of hydrogen-bond donors (Lipinski definition) is 2. The van der Waals surface area contributed by atoms with Crippen molar-refractivity contribution in [3.8, 4) is 5.75 Å². The summed E-state index contributed by atoms with van der Waals surface area (Å²) in [6, 6.07) is 12.9. The Balaban J connectivity index is 1.86. The fourth-order valence-electron chi connectivity index (χ4n) is 2.00. The minimum atomic E-state index is -0.971. The molecule has 132 valence electrons. The molecule has 2 N–H and O–H groups in total. The number of halogens is 1. The number of carbonyl (C=O) groups is 2. The summed E-state index contributed by atoms with van der Waals surface area (Å²) in [5, 5.41) is 0. The summed E-state index contributed by atoms with van der Waals surface area (Å²) in [7, 11) is 0. The molecule has 2 rings (SSSR count). The molecule has 1 atom stereocenters. The van der Waals surface area contributed by atoms with Gasteiger partial charge < -0.3 is 4.74 Å². The molecule has 0 spiro atoms. The average molecular weight is 362 g/mol. The van der Waals surface area contributed by atoms with Crippen molar-refractivity contribution in [1.82, 2.24) is 10.9 Å². The van der Waals surface area contributed by atoms with Gasteiger partial charge in [-0.05, 0) is 43.0 Å². The Kier molecular flexibility index (Phi) is 6.82. The Hall–Kier alpha value is -2.54. The van der Waals surface area contributed by atoms with E-state index in [1.807, 2.05) is 18.4 Å². The number of hydrazine groups is 1. The lowest BCUT2D eigenvalue weighted by molar-refractivity contribution is -0.128. The van der Waals surface area contributed by atoms with E-state index in [2.05, 4.69) is 10.9 Å². The molecule has 0 saturated heterocycles. The maximum absolute atomic E-state index is 13.5. The first kappa shape index (κ1) is 18.8. The molecule has 0 saturated carbocycles. The van der Waals surface area contributed by atoms with Crippen molar-refractivity contribution in [3.63, 3.8) is 0 Å². The monoisotopic (exact) mass is 362 g/mol. The van der Waals surface area contributed by atoms with E-state index in [1.54, 1.807) is 30.0 Å². The van der Waals surface area contributed by atoms with Crippen LogP contribution in [0.2, 0.25) is 0 Å². The van der Waals surface area contributed by atoms with Crippen LogP contribution in [0.3, 0.4) is 0 Å². The highest BCUT2D eigenvalue weighted by molar-refractivity contribution is 7.97. The molecule has 2 aromatic rings. The summed E-state index contributed by atoms with van der Waals surface area (Å²) in [5.41, 5.74) is 6.12. The fourth-order valence-corrected chi connectivity index (χ4v) is 2.52. The molecule has 0 bridgehead atoms. The quantitative estimate of drug-likeness (QED) is 0.776. The van der Waals surface area contributed by atoms with E-state index < -0.39 is 23.7 Å². The zero-order valence-corrected chi connectivity index (χ0v) is 14.7. The van der Waals surface area contributed by atoms with Crippen LogP contribution in [-0.4, -0.2) is 24.2 Å². The number of carbonyl (C=O) groups excluding carboxylic acids is 2. The maximum Gasteiger partial charge on any atom is 0.279 e. The molecular weight excluding hydrogens is 343 g/mol. The van der Waals surface area contributed by atoms with Gasteiger partial charge >= 0.3 is 0 Å². The topological polar surface area (TPSA) is 67.4 Å². The summed E-state index contributed by atoms with van der Waals surface area (Å²) in [6.07, 6.45) is 1.03. The van der Waals surface area contributed by atoms with Gasteiger partial charge in [0.15, 0.2) is 17.7 Å². The van der Waals surface area contributed by atoms with E-state index in [0.717, 1.165) is 11.3 Å². The number of thioether (sulfide) groups is 1. The van der Waals surface area contributed by atoms with Gasteiger partial charge in [0.2, 0.25) is 0 Å². The van der Waals surface area contributed by atoms with Gasteiger partial charge in [0.25, 0.3) is 11.8 Å². The van der Waals surface area contributed by atoms with Crippen molar-refractivity contribution in [3.05, 3.63) is 65.5 Å². The van der Waals surface area contributed by atoms with Crippen LogP contribution in [0.1, 0.15) is 22.8 Å². The number of benzene rings is 2. The molecule has 0 aliphatic rings. The van der Waals surface area contributed by atoms with E-state index in [0.29, 0.717) is 5.56 Å². The number of ether oxygens (including phenoxy) is 1. The van der Waals surface area contributed by atoms with Gasteiger partial charge in [-0.25, -0.2) is 4.39 Å². The van der Waals surface area contributed by atoms with Gasteiger partial charge in [-0.15, -0.1) is 0 Å². The lowest BCUT2D eigenvalue weighted by atomic mass is 10.1. The van der Waals surface area contributed by atoms with Crippen LogP contribution < -0.4 is 15.6 Å². The molecule has 0 aliphatic heterocycles. The second kappa shape index (κ2) is 9.08. The zero-order valence-electron chi connectivity index (χ0n) is 13.9. The second-order valence-electron chi connectivity index (χ2n) is 5.26. The largest absolute Gasteiger partial charge is 0.478 e. The molecule has 7 heteroatoms. The molecule has 2 aromatic carbocycles. The molecule has 0 radical (unpaired) electrons. The van der Waals surface area contributed by atoms with Gasteiger partial charge in [0.05, 0.1) is 0 Å². The molecule has 0 fully saturated rings. The van der Waals surface area contributed by atoms with E-state index in [1.165, 1.54) is 25.1 Å². The van der Waals surface area contributed by atoms with Gasteiger partial charge in [0, 0.05) is 11.3 Å². The molecule has 2 amide bonds. The van der Waals surface area contributed by atoms with Crippen LogP contribution >= 0.6 is 11.8 Å². The van der Waals surface area contributed by atoms with Crippen LogP contribution in [-0.2, 0) is 10.5 Å². The van der Waals surface area contributed by atoms with Gasteiger partial charge in [-0.3, -0.25) is 20.4 Å². The predicted octanol–water partition coefficient (Wildman–Crippen LogP) is 2.92. The Morgan fingerprint density at radius 1 is 1.12 bits per heavy atom. The minimum absolute atomic E-state index is 0.0270. The third-order valence-electron chi connectivity index (χ3n) is 3.34. The number of rotatable bonds is 6. The van der Waals surface area contributed by atoms with Crippen LogP contribution in [0.5, 0.6) is 5.75 Å². The SMILES string of the molecule is CSCc1ccc(C(=O)NNC(=O)C(C)Oc2ccccc2F)cc1. The molecule has 1 unspecified atom stereocenters. The molecule has 0 heterocycles. The smallest absolute Gasteiger partial charge is 0.279 e. The molecule has 0 aromatic heterocycles. The fraction of sp³-hybridized carbons (Fsp3) is 0.222. The van der Waals surface area contributed by atoms with E-state index >= 15 is 0 Å². The maximum atomic E-state index is 13.5. The number of nitrogens with one attached hydrogen (secondary N) is 2. The van der Waals surface area contributed by atoms with Crippen molar-refractivity contribution in [2.24, 2.45) is 0 Å². The zero-order chi connectivity index (χ0) is 18.2. The van der Waals surface area contributed by atoms with E-state index in [4.69, 9.17) is 4.74 Å². The summed E-state index contributed by atoms with van der Waals surface area (Å²) >= 11 is 1.69. The second-order valence-corrected chi connectivity index (χ2v) is 6.13. The van der Waals surface area contributed by atoms with Crippen molar-refractivity contribution >= 4 is 23.6 Å². The molecule has 0 aliphatic carbocycles. The number of hydrogen-bond acceptors (Lipinski definition) is 4. The summed E-state index contributed by atoms with van der Waals surface area (Å²) in [6.45, 7) is 1.46. The van der Waals surface area contributed by atoms with E-state index in [9.17, 15) is 14.0 Å². The standard InChI is InChI=1S/C18H19FN2O3S/c1-12(24-16-6-4-3-5-15(16)19)17(22)20-21-18(23)14-9-7-13(8-10-14)11-25-2/h3-10,12H,11H2,1-2H3,(H,20,22)(H,21,23). The number of amides is 2. The van der Waals surface area contributed by atoms with Crippen molar-refractivity contribution in [2.75, 3.05) is 6.26 Å². The van der Waals surface area contributed by atoms with Gasteiger partial charge in [-0.1, -0.05) is 24.3 Å². The first-order chi connectivity index (χ1) is 12.0. The van der Waals surface area contributed by atoms with Crippen LogP contribution in [0.25, 0.3) is 0 Å². The molecular formula is C18H19FN2O3S. The first-order valence-corrected chi connectivity index (χ1v) is 9.00. The number of para-hydroxylation sites is 1. The highest BCUT2D eigenvalue weighted by Gasteiger charge is 2.17. The van der Waals surface area contributed by atoms with E-state index in [-0.39, 0.29) is 5.75 Å². The van der Waals surface area contributed by atoms with Crippen molar-refractivity contribution < 1.29 is 18.7 Å². The van der Waals surface area contributed by atoms with Crippen LogP contribution in [0.15, 0.2) is 48.5 Å². The summed E-state index contributed by atoms with van der Waals surface area (Å²) < 4.78 is 18.8. The lowest BCUT2D eigenvalue weighted by Gasteiger charge is -2.15. The Labute approximate surface area is 149 Å². The third kappa shape index (κ3) is 5.49. The highest BCUT2D eigenvalue weighted by atomic mass is 32.2. The van der Waals surface area contributed by atoms with Gasteiger partial charge in [-0.2, -0.15) is 11.8 Å². The predicted molar refractivity (Wildman–Crippen MR) is 95.8 cm³/mol. The Morgan fingerprint density at radius 2 is 1.80 bits per heavy atom. The highest BCUT2D eigenvalue weighted by Crippen LogP contribution is 2.17. The summed E-state index contributed by atoms with van der Waals surface area (Å²) in [4.78, 5) is 24.0.